The highest BCUT2D eigenvalue weighted by molar-refractivity contribution is 5.85. The smallest absolute Gasteiger partial charge is 0.314 e. The van der Waals surface area contributed by atoms with E-state index < -0.39 is 5.41 Å². The van der Waals surface area contributed by atoms with Crippen LogP contribution in [0.2, 0.25) is 0 Å². The maximum atomic E-state index is 13.1. The second kappa shape index (κ2) is 6.79. The van der Waals surface area contributed by atoms with E-state index in [9.17, 15) is 9.59 Å². The van der Waals surface area contributed by atoms with Crippen molar-refractivity contribution in [1.29, 1.82) is 0 Å². The fraction of sp³-hybridized carbons (Fsp3) is 0.900. The molecule has 0 aromatic heterocycles. The van der Waals surface area contributed by atoms with E-state index in [0.29, 0.717) is 19.8 Å². The first-order chi connectivity index (χ1) is 12.6. The minimum absolute atomic E-state index is 0.0340. The van der Waals surface area contributed by atoms with Crippen LogP contribution < -0.4 is 10.6 Å². The summed E-state index contributed by atoms with van der Waals surface area (Å²) < 4.78 is 10.6. The molecule has 2 unspecified atom stereocenters. The molecule has 2 N–H and O–H groups in total. The van der Waals surface area contributed by atoms with E-state index in [-0.39, 0.29) is 28.6 Å². The van der Waals surface area contributed by atoms with Crippen molar-refractivity contribution in [3.8, 4) is 0 Å². The second-order valence-corrected chi connectivity index (χ2v) is 8.92. The summed E-state index contributed by atoms with van der Waals surface area (Å²) in [5.74, 6) is 0.0909. The third kappa shape index (κ3) is 2.76. The van der Waals surface area contributed by atoms with Crippen LogP contribution in [0.1, 0.15) is 51.4 Å². The monoisotopic (exact) mass is 364 g/mol. The Hall–Kier alpha value is -1.14. The number of methoxy groups -OCH3 is 1. The third-order valence-corrected chi connectivity index (χ3v) is 7.94. The molecule has 4 fully saturated rings. The second-order valence-electron chi connectivity index (χ2n) is 8.92. The highest BCUT2D eigenvalue weighted by Gasteiger charge is 2.72. The number of amides is 1. The summed E-state index contributed by atoms with van der Waals surface area (Å²) in [6.45, 7) is 3.85. The molecule has 26 heavy (non-hydrogen) atoms. The molecule has 2 atom stereocenters. The molecule has 146 valence electrons. The normalized spacial score (nSPS) is 34.6. The van der Waals surface area contributed by atoms with Crippen LogP contribution in [0.25, 0.3) is 0 Å². The lowest BCUT2D eigenvalue weighted by Crippen LogP contribution is -2.47. The zero-order valence-corrected chi connectivity index (χ0v) is 15.9. The molecule has 4 rings (SSSR count). The fourth-order valence-electron chi connectivity index (χ4n) is 6.19. The van der Waals surface area contributed by atoms with E-state index in [1.807, 2.05) is 0 Å². The van der Waals surface area contributed by atoms with E-state index in [0.717, 1.165) is 64.5 Å². The van der Waals surface area contributed by atoms with Gasteiger partial charge >= 0.3 is 5.97 Å². The first kappa shape index (κ1) is 18.2. The first-order valence-corrected chi connectivity index (χ1v) is 10.2. The lowest BCUT2D eigenvalue weighted by Gasteiger charge is -2.39. The van der Waals surface area contributed by atoms with Crippen LogP contribution in [0.3, 0.4) is 0 Å². The maximum Gasteiger partial charge on any atom is 0.314 e. The van der Waals surface area contributed by atoms with Crippen molar-refractivity contribution in [1.82, 2.24) is 10.6 Å². The Labute approximate surface area is 155 Å². The lowest BCUT2D eigenvalue weighted by atomic mass is 9.70. The average molecular weight is 364 g/mol. The van der Waals surface area contributed by atoms with Gasteiger partial charge in [0.05, 0.1) is 12.5 Å². The standard InChI is InChI=1S/C20H32N2O4/c1-25-17(24)20(13-19(20)7-11-26-12-8-19)14-22-16(23)15-3-2-4-18(15)5-9-21-10-6-18/h15,21H,2-14H2,1H3,(H,22,23). The molecule has 0 bridgehead atoms. The molecular formula is C20H32N2O4. The number of rotatable bonds is 4. The summed E-state index contributed by atoms with van der Waals surface area (Å²) in [5.41, 5.74) is -0.400. The molecule has 0 radical (unpaired) electrons. The SMILES string of the molecule is COC(=O)C1(CNC(=O)C2CCCC23CCNCC3)CC12CCOCC2. The van der Waals surface area contributed by atoms with Crippen molar-refractivity contribution < 1.29 is 19.1 Å². The minimum Gasteiger partial charge on any atom is -0.469 e. The van der Waals surface area contributed by atoms with Gasteiger partial charge in [-0.05, 0) is 68.9 Å². The highest BCUT2D eigenvalue weighted by Crippen LogP contribution is 2.69. The number of nitrogens with one attached hydrogen (secondary N) is 2. The molecule has 2 heterocycles. The predicted molar refractivity (Wildman–Crippen MR) is 96.4 cm³/mol. The third-order valence-electron chi connectivity index (χ3n) is 7.94. The van der Waals surface area contributed by atoms with Crippen molar-refractivity contribution in [3.63, 3.8) is 0 Å². The average Bonchev–Trinajstić information content (AvgIpc) is 3.10. The topological polar surface area (TPSA) is 76.7 Å². The van der Waals surface area contributed by atoms with Crippen LogP contribution in [-0.2, 0) is 19.1 Å². The molecule has 0 aromatic rings. The Balaban J connectivity index is 1.43. The van der Waals surface area contributed by atoms with E-state index in [1.54, 1.807) is 0 Å². The van der Waals surface area contributed by atoms with Gasteiger partial charge in [-0.25, -0.2) is 0 Å². The molecule has 0 aromatic carbocycles. The van der Waals surface area contributed by atoms with Crippen molar-refractivity contribution in [2.45, 2.75) is 51.4 Å². The molecule has 4 aliphatic rings. The number of esters is 1. The van der Waals surface area contributed by atoms with Gasteiger partial charge in [-0.1, -0.05) is 6.42 Å². The molecular weight excluding hydrogens is 332 g/mol. The maximum absolute atomic E-state index is 13.1. The number of hydrogen-bond donors (Lipinski definition) is 2. The number of carbonyl (C=O) groups is 2. The van der Waals surface area contributed by atoms with Gasteiger partial charge in [0, 0.05) is 25.7 Å². The number of piperidine rings is 1. The van der Waals surface area contributed by atoms with Crippen LogP contribution in [0.4, 0.5) is 0 Å². The summed E-state index contributed by atoms with van der Waals surface area (Å²) in [4.78, 5) is 25.6. The summed E-state index contributed by atoms with van der Waals surface area (Å²) in [7, 11) is 1.46. The van der Waals surface area contributed by atoms with Gasteiger partial charge in [0.15, 0.2) is 0 Å². The van der Waals surface area contributed by atoms with Gasteiger partial charge in [0.2, 0.25) is 5.91 Å². The van der Waals surface area contributed by atoms with Crippen LogP contribution in [0.15, 0.2) is 0 Å². The van der Waals surface area contributed by atoms with E-state index in [1.165, 1.54) is 7.11 Å². The summed E-state index contributed by atoms with van der Waals surface area (Å²) >= 11 is 0. The number of hydrogen-bond acceptors (Lipinski definition) is 5. The molecule has 6 nitrogen and oxygen atoms in total. The van der Waals surface area contributed by atoms with Gasteiger partial charge < -0.3 is 20.1 Å². The van der Waals surface area contributed by atoms with Crippen molar-refractivity contribution in [3.05, 3.63) is 0 Å². The quantitative estimate of drug-likeness (QED) is 0.742. The molecule has 2 aliphatic heterocycles. The Morgan fingerprint density at radius 1 is 1.15 bits per heavy atom. The summed E-state index contributed by atoms with van der Waals surface area (Å²) in [6.07, 6.45) is 8.06. The fourth-order valence-corrected chi connectivity index (χ4v) is 6.19. The van der Waals surface area contributed by atoms with E-state index >= 15 is 0 Å². The van der Waals surface area contributed by atoms with Crippen LogP contribution in [0.5, 0.6) is 0 Å². The van der Waals surface area contributed by atoms with Crippen molar-refractivity contribution in [2.24, 2.45) is 22.2 Å². The molecule has 2 saturated carbocycles. The lowest BCUT2D eigenvalue weighted by molar-refractivity contribution is -0.149. The highest BCUT2D eigenvalue weighted by atomic mass is 16.5. The van der Waals surface area contributed by atoms with Crippen molar-refractivity contribution in [2.75, 3.05) is 40.0 Å². The molecule has 1 amide bonds. The zero-order valence-electron chi connectivity index (χ0n) is 15.9. The number of carbonyl (C=O) groups excluding carboxylic acids is 2. The Bertz CT molecular complexity index is 566. The zero-order chi connectivity index (χ0) is 18.3. The van der Waals surface area contributed by atoms with E-state index in [4.69, 9.17) is 9.47 Å². The predicted octanol–water partition coefficient (Wildman–Crippen LogP) is 1.63. The molecule has 2 aliphatic carbocycles. The molecule has 6 heteroatoms. The summed E-state index contributed by atoms with van der Waals surface area (Å²) in [6, 6.07) is 0. The van der Waals surface area contributed by atoms with Crippen LogP contribution >= 0.6 is 0 Å². The van der Waals surface area contributed by atoms with E-state index in [2.05, 4.69) is 10.6 Å². The Morgan fingerprint density at radius 2 is 1.88 bits per heavy atom. The van der Waals surface area contributed by atoms with Crippen LogP contribution in [-0.4, -0.2) is 51.8 Å². The van der Waals surface area contributed by atoms with Gasteiger partial charge in [-0.15, -0.1) is 0 Å². The largest absolute Gasteiger partial charge is 0.469 e. The summed E-state index contributed by atoms with van der Waals surface area (Å²) in [5, 5.41) is 6.60. The van der Waals surface area contributed by atoms with Gasteiger partial charge in [0.1, 0.15) is 0 Å². The van der Waals surface area contributed by atoms with Gasteiger partial charge in [0.25, 0.3) is 0 Å². The van der Waals surface area contributed by atoms with Gasteiger partial charge in [-0.3, -0.25) is 9.59 Å². The molecule has 2 saturated heterocycles. The Kier molecular flexibility index (Phi) is 4.76. The van der Waals surface area contributed by atoms with Gasteiger partial charge in [-0.2, -0.15) is 0 Å². The van der Waals surface area contributed by atoms with Crippen LogP contribution in [0, 0.1) is 22.2 Å². The molecule has 2 spiro atoms. The Morgan fingerprint density at radius 3 is 2.58 bits per heavy atom. The number of ether oxygens (including phenoxy) is 2. The minimum atomic E-state index is -0.541. The van der Waals surface area contributed by atoms with Crippen molar-refractivity contribution >= 4 is 11.9 Å². The first-order valence-electron chi connectivity index (χ1n) is 10.2.